The number of benzene rings is 1. The first-order chi connectivity index (χ1) is 9.25. The summed E-state index contributed by atoms with van der Waals surface area (Å²) in [6.07, 6.45) is 1.02. The summed E-state index contributed by atoms with van der Waals surface area (Å²) < 4.78 is 0. The van der Waals surface area contributed by atoms with Crippen LogP contribution in [0.25, 0.3) is 0 Å². The maximum Gasteiger partial charge on any atom is 0.185 e. The lowest BCUT2D eigenvalue weighted by Gasteiger charge is -2.36. The Morgan fingerprint density at radius 2 is 1.70 bits per heavy atom. The second-order valence-corrected chi connectivity index (χ2v) is 4.82. The number of nitrogens with two attached hydrogens (primary N) is 2. The number of piperazine rings is 1. The highest BCUT2D eigenvalue weighted by Crippen LogP contribution is 2.15. The molecule has 0 radical (unpaired) electrons. The number of halogens is 1. The number of nitrogens with zero attached hydrogens (tertiary/aromatic N) is 3. The molecule has 6 heteroatoms. The van der Waals surface area contributed by atoms with E-state index >= 15 is 0 Å². The van der Waals surface area contributed by atoms with Gasteiger partial charge in [-0.25, -0.2) is 0 Å². The van der Waals surface area contributed by atoms with Gasteiger partial charge in [-0.2, -0.15) is 0 Å². The van der Waals surface area contributed by atoms with Gasteiger partial charge < -0.3 is 16.4 Å². The highest BCUT2D eigenvalue weighted by Gasteiger charge is 2.16. The third-order valence-corrected chi connectivity index (χ3v) is 3.42. The minimum atomic E-state index is 0. The first-order valence-corrected chi connectivity index (χ1v) is 6.83. The number of rotatable bonds is 5. The van der Waals surface area contributed by atoms with Gasteiger partial charge in [-0.3, -0.25) is 9.89 Å². The highest BCUT2D eigenvalue weighted by molar-refractivity contribution is 14.0. The van der Waals surface area contributed by atoms with Crippen LogP contribution in [-0.4, -0.2) is 50.1 Å². The first kappa shape index (κ1) is 17.0. The molecule has 0 bridgehead atoms. The standard InChI is InChI=1S/C14H23N5.HI/c15-14(16)17-7-4-8-18-9-11-19(12-10-18)13-5-2-1-3-6-13;/h1-3,5-6H,4,7-12H2,(H4,15,16,17);1H. The predicted octanol–water partition coefficient (Wildman–Crippen LogP) is 1.09. The smallest absolute Gasteiger partial charge is 0.185 e. The van der Waals surface area contributed by atoms with E-state index in [-0.39, 0.29) is 29.9 Å². The fourth-order valence-corrected chi connectivity index (χ4v) is 2.37. The van der Waals surface area contributed by atoms with Crippen LogP contribution in [0.1, 0.15) is 6.42 Å². The topological polar surface area (TPSA) is 70.9 Å². The maximum atomic E-state index is 5.30. The molecule has 0 amide bonds. The second kappa shape index (κ2) is 9.02. The SMILES string of the molecule is I.NC(N)=NCCCN1CCN(c2ccccc2)CC1. The van der Waals surface area contributed by atoms with Crippen molar-refractivity contribution < 1.29 is 0 Å². The fraction of sp³-hybridized carbons (Fsp3) is 0.500. The van der Waals surface area contributed by atoms with Crippen molar-refractivity contribution in [1.82, 2.24) is 4.90 Å². The monoisotopic (exact) mass is 389 g/mol. The van der Waals surface area contributed by atoms with Gasteiger partial charge in [-0.15, -0.1) is 24.0 Å². The highest BCUT2D eigenvalue weighted by atomic mass is 127. The van der Waals surface area contributed by atoms with E-state index < -0.39 is 0 Å². The summed E-state index contributed by atoms with van der Waals surface area (Å²) in [5.41, 5.74) is 11.9. The molecule has 0 aromatic heterocycles. The van der Waals surface area contributed by atoms with Gasteiger partial charge in [-0.05, 0) is 18.6 Å². The van der Waals surface area contributed by atoms with Crippen LogP contribution in [0.15, 0.2) is 35.3 Å². The van der Waals surface area contributed by atoms with E-state index in [1.807, 2.05) is 0 Å². The van der Waals surface area contributed by atoms with Crippen LogP contribution >= 0.6 is 24.0 Å². The van der Waals surface area contributed by atoms with E-state index in [0.717, 1.165) is 45.7 Å². The van der Waals surface area contributed by atoms with Gasteiger partial charge in [-0.1, -0.05) is 18.2 Å². The number of para-hydroxylation sites is 1. The Labute approximate surface area is 138 Å². The van der Waals surface area contributed by atoms with E-state index in [4.69, 9.17) is 11.5 Å². The van der Waals surface area contributed by atoms with Gasteiger partial charge in [0.2, 0.25) is 0 Å². The van der Waals surface area contributed by atoms with E-state index in [9.17, 15) is 0 Å². The van der Waals surface area contributed by atoms with Gasteiger partial charge >= 0.3 is 0 Å². The lowest BCUT2D eigenvalue weighted by molar-refractivity contribution is 0.256. The summed E-state index contributed by atoms with van der Waals surface area (Å²) in [4.78, 5) is 8.92. The van der Waals surface area contributed by atoms with E-state index in [2.05, 4.69) is 45.1 Å². The summed E-state index contributed by atoms with van der Waals surface area (Å²) in [6, 6.07) is 10.6. The van der Waals surface area contributed by atoms with Crippen LogP contribution < -0.4 is 16.4 Å². The molecule has 0 aliphatic carbocycles. The Morgan fingerprint density at radius 3 is 2.30 bits per heavy atom. The molecule has 1 fully saturated rings. The number of guanidine groups is 1. The van der Waals surface area contributed by atoms with Gasteiger partial charge in [0.25, 0.3) is 0 Å². The van der Waals surface area contributed by atoms with Crippen molar-refractivity contribution in [1.29, 1.82) is 0 Å². The molecule has 4 N–H and O–H groups in total. The van der Waals surface area contributed by atoms with Crippen molar-refractivity contribution in [2.75, 3.05) is 44.2 Å². The van der Waals surface area contributed by atoms with Crippen molar-refractivity contribution in [2.45, 2.75) is 6.42 Å². The minimum absolute atomic E-state index is 0. The zero-order valence-electron chi connectivity index (χ0n) is 11.7. The van der Waals surface area contributed by atoms with Gasteiger partial charge in [0.15, 0.2) is 5.96 Å². The summed E-state index contributed by atoms with van der Waals surface area (Å²) in [6.45, 7) is 6.19. The number of hydrogen-bond donors (Lipinski definition) is 2. The fourth-order valence-electron chi connectivity index (χ4n) is 2.37. The van der Waals surface area contributed by atoms with Crippen molar-refractivity contribution in [2.24, 2.45) is 16.5 Å². The number of aliphatic imine (C=N–C) groups is 1. The van der Waals surface area contributed by atoms with Crippen molar-refractivity contribution in [3.8, 4) is 0 Å². The molecule has 2 rings (SSSR count). The molecule has 20 heavy (non-hydrogen) atoms. The molecule has 0 atom stereocenters. The average molecular weight is 389 g/mol. The third-order valence-electron chi connectivity index (χ3n) is 3.42. The predicted molar refractivity (Wildman–Crippen MR) is 95.8 cm³/mol. The van der Waals surface area contributed by atoms with Crippen LogP contribution in [-0.2, 0) is 0 Å². The molecular weight excluding hydrogens is 365 g/mol. The molecule has 1 aliphatic heterocycles. The van der Waals surface area contributed by atoms with Crippen molar-refractivity contribution >= 4 is 35.6 Å². The Hall–Kier alpha value is -1.02. The molecular formula is C14H24IN5. The Morgan fingerprint density at radius 1 is 1.05 bits per heavy atom. The first-order valence-electron chi connectivity index (χ1n) is 6.83. The van der Waals surface area contributed by atoms with Crippen molar-refractivity contribution in [3.63, 3.8) is 0 Å². The normalized spacial score (nSPS) is 15.5. The zero-order chi connectivity index (χ0) is 13.5. The maximum absolute atomic E-state index is 5.30. The quantitative estimate of drug-likeness (QED) is 0.342. The molecule has 112 valence electrons. The second-order valence-electron chi connectivity index (χ2n) is 4.82. The van der Waals surface area contributed by atoms with E-state index in [1.54, 1.807) is 0 Å². The van der Waals surface area contributed by atoms with Crippen molar-refractivity contribution in [3.05, 3.63) is 30.3 Å². The number of hydrogen-bond acceptors (Lipinski definition) is 3. The molecule has 0 saturated carbocycles. The Bertz CT molecular complexity index is 397. The van der Waals surface area contributed by atoms with Gasteiger partial charge in [0, 0.05) is 45.0 Å². The zero-order valence-corrected chi connectivity index (χ0v) is 14.1. The molecule has 1 aromatic rings. The van der Waals surface area contributed by atoms with Crippen LogP contribution in [0.2, 0.25) is 0 Å². The summed E-state index contributed by atoms with van der Waals surface area (Å²) >= 11 is 0. The summed E-state index contributed by atoms with van der Waals surface area (Å²) in [7, 11) is 0. The Kier molecular flexibility index (Phi) is 7.68. The molecule has 5 nitrogen and oxygen atoms in total. The average Bonchev–Trinajstić information content (AvgIpc) is 2.45. The molecule has 1 aromatic carbocycles. The third kappa shape index (κ3) is 5.54. The van der Waals surface area contributed by atoms with Gasteiger partial charge in [0.1, 0.15) is 0 Å². The Balaban J connectivity index is 0.00000200. The molecule has 1 saturated heterocycles. The van der Waals surface area contributed by atoms with Crippen LogP contribution in [0.3, 0.4) is 0 Å². The minimum Gasteiger partial charge on any atom is -0.370 e. The molecule has 0 unspecified atom stereocenters. The lowest BCUT2D eigenvalue weighted by atomic mass is 10.2. The van der Waals surface area contributed by atoms with E-state index in [0.29, 0.717) is 0 Å². The van der Waals surface area contributed by atoms with E-state index in [1.165, 1.54) is 5.69 Å². The molecule has 1 aliphatic rings. The molecule has 1 heterocycles. The summed E-state index contributed by atoms with van der Waals surface area (Å²) in [5.74, 6) is 0.189. The number of anilines is 1. The lowest BCUT2D eigenvalue weighted by Crippen LogP contribution is -2.46. The largest absolute Gasteiger partial charge is 0.370 e. The van der Waals surface area contributed by atoms with Crippen LogP contribution in [0, 0.1) is 0 Å². The summed E-state index contributed by atoms with van der Waals surface area (Å²) in [5, 5.41) is 0. The van der Waals surface area contributed by atoms with Crippen LogP contribution in [0.5, 0.6) is 0 Å². The van der Waals surface area contributed by atoms with Crippen LogP contribution in [0.4, 0.5) is 5.69 Å². The molecule has 0 spiro atoms. The van der Waals surface area contributed by atoms with Gasteiger partial charge in [0.05, 0.1) is 0 Å².